The van der Waals surface area contributed by atoms with Gasteiger partial charge in [0.05, 0.1) is 16.2 Å². The van der Waals surface area contributed by atoms with Gasteiger partial charge in [0.25, 0.3) is 0 Å². The number of carboxylic acids is 1. The summed E-state index contributed by atoms with van der Waals surface area (Å²) in [6, 6.07) is 9.00. The first-order valence-electron chi connectivity index (χ1n) is 6.07. The number of anilines is 2. The van der Waals surface area contributed by atoms with Crippen LogP contribution in [0.1, 0.15) is 10.4 Å². The first-order valence-corrected chi connectivity index (χ1v) is 6.07. The molecule has 0 spiro atoms. The van der Waals surface area contributed by atoms with Crippen molar-refractivity contribution in [2.24, 2.45) is 0 Å². The topological polar surface area (TPSA) is 131 Å². The number of hydrogen-bond acceptors (Lipinski definition) is 7. The highest BCUT2D eigenvalue weighted by Gasteiger charge is 2.23. The molecule has 2 N–H and O–H groups in total. The molecule has 0 radical (unpaired) electrons. The third-order valence-corrected chi connectivity index (χ3v) is 3.01. The Morgan fingerprint density at radius 3 is 2.68 bits per heavy atom. The molecule has 0 atom stereocenters. The lowest BCUT2D eigenvalue weighted by Crippen LogP contribution is -2.04. The van der Waals surface area contributed by atoms with E-state index in [1.165, 1.54) is 24.3 Å². The van der Waals surface area contributed by atoms with Crippen LogP contribution in [0.2, 0.25) is 0 Å². The quantitative estimate of drug-likeness (QED) is 0.555. The van der Waals surface area contributed by atoms with Gasteiger partial charge in [-0.3, -0.25) is 10.1 Å². The molecule has 0 aliphatic heterocycles. The molecule has 3 rings (SSSR count). The zero-order chi connectivity index (χ0) is 15.7. The Morgan fingerprint density at radius 1 is 1.18 bits per heavy atom. The number of nitrogens with one attached hydrogen (secondary N) is 1. The molecule has 110 valence electrons. The normalized spacial score (nSPS) is 10.5. The van der Waals surface area contributed by atoms with Crippen LogP contribution in [0.4, 0.5) is 17.1 Å². The molecule has 1 aromatic heterocycles. The van der Waals surface area contributed by atoms with Gasteiger partial charge in [0.1, 0.15) is 11.2 Å². The largest absolute Gasteiger partial charge is 0.478 e. The number of aromatic nitrogens is 2. The van der Waals surface area contributed by atoms with Crippen LogP contribution in [-0.2, 0) is 0 Å². The van der Waals surface area contributed by atoms with Crippen molar-refractivity contribution in [2.75, 3.05) is 5.32 Å². The molecule has 22 heavy (non-hydrogen) atoms. The van der Waals surface area contributed by atoms with Crippen molar-refractivity contribution in [3.63, 3.8) is 0 Å². The van der Waals surface area contributed by atoms with E-state index in [1.54, 1.807) is 12.1 Å². The molecule has 0 saturated carbocycles. The minimum Gasteiger partial charge on any atom is -0.478 e. The van der Waals surface area contributed by atoms with E-state index in [-0.39, 0.29) is 33.7 Å². The SMILES string of the molecule is O=C(O)c1ccccc1Nc1ccc2nonc2c1[N+](=O)[O-]. The van der Waals surface area contributed by atoms with Crippen LogP contribution in [0, 0.1) is 10.1 Å². The van der Waals surface area contributed by atoms with Gasteiger partial charge in [-0.05, 0) is 34.6 Å². The minimum atomic E-state index is -1.14. The number of hydrogen-bond donors (Lipinski definition) is 2. The molecule has 0 unspecified atom stereocenters. The number of benzene rings is 2. The molecular formula is C13H8N4O5. The molecule has 0 aliphatic carbocycles. The Balaban J connectivity index is 2.14. The van der Waals surface area contributed by atoms with Crippen molar-refractivity contribution in [1.29, 1.82) is 0 Å². The lowest BCUT2D eigenvalue weighted by atomic mass is 10.1. The lowest BCUT2D eigenvalue weighted by Gasteiger charge is -2.09. The van der Waals surface area contributed by atoms with Crippen molar-refractivity contribution in [3.8, 4) is 0 Å². The number of nitrogens with zero attached hydrogens (tertiary/aromatic N) is 3. The number of aromatic carboxylic acids is 1. The van der Waals surface area contributed by atoms with Gasteiger partial charge < -0.3 is 10.4 Å². The van der Waals surface area contributed by atoms with E-state index in [2.05, 4.69) is 20.3 Å². The van der Waals surface area contributed by atoms with E-state index in [0.29, 0.717) is 0 Å². The highest BCUT2D eigenvalue weighted by Crippen LogP contribution is 2.34. The van der Waals surface area contributed by atoms with Crippen LogP contribution < -0.4 is 5.32 Å². The van der Waals surface area contributed by atoms with E-state index < -0.39 is 10.9 Å². The Morgan fingerprint density at radius 2 is 1.95 bits per heavy atom. The predicted molar refractivity (Wildman–Crippen MR) is 75.1 cm³/mol. The zero-order valence-corrected chi connectivity index (χ0v) is 10.9. The van der Waals surface area contributed by atoms with E-state index in [0.717, 1.165) is 0 Å². The van der Waals surface area contributed by atoms with Crippen molar-refractivity contribution < 1.29 is 19.5 Å². The number of rotatable bonds is 4. The van der Waals surface area contributed by atoms with Crippen LogP contribution in [0.25, 0.3) is 11.0 Å². The number of fused-ring (bicyclic) bond motifs is 1. The third kappa shape index (κ3) is 2.20. The zero-order valence-electron chi connectivity index (χ0n) is 10.9. The summed E-state index contributed by atoms with van der Waals surface area (Å²) in [6.45, 7) is 0. The van der Waals surface area contributed by atoms with Crippen molar-refractivity contribution in [3.05, 3.63) is 52.1 Å². The van der Waals surface area contributed by atoms with Gasteiger partial charge in [-0.1, -0.05) is 12.1 Å². The average Bonchev–Trinajstić information content (AvgIpc) is 2.95. The Labute approximate surface area is 122 Å². The van der Waals surface area contributed by atoms with Gasteiger partial charge in [-0.2, -0.15) is 0 Å². The highest BCUT2D eigenvalue weighted by atomic mass is 16.6. The number of nitro benzene ring substituents is 1. The summed E-state index contributed by atoms with van der Waals surface area (Å²) in [4.78, 5) is 21.8. The van der Waals surface area contributed by atoms with E-state index in [1.807, 2.05) is 0 Å². The van der Waals surface area contributed by atoms with Crippen molar-refractivity contribution in [1.82, 2.24) is 10.3 Å². The number of para-hydroxylation sites is 1. The standard InChI is InChI=1S/C13H8N4O5/c18-13(19)7-3-1-2-4-8(7)14-10-6-5-9-11(16-22-15-9)12(10)17(20)21/h1-6,14H,(H,18,19). The lowest BCUT2D eigenvalue weighted by molar-refractivity contribution is -0.382. The van der Waals surface area contributed by atoms with Gasteiger partial charge >= 0.3 is 11.7 Å². The molecule has 0 saturated heterocycles. The molecule has 0 aliphatic rings. The summed E-state index contributed by atoms with van der Waals surface area (Å²) in [7, 11) is 0. The maximum Gasteiger partial charge on any atom is 0.337 e. The van der Waals surface area contributed by atoms with Crippen LogP contribution in [0.15, 0.2) is 41.0 Å². The molecular weight excluding hydrogens is 292 g/mol. The highest BCUT2D eigenvalue weighted by molar-refractivity contribution is 5.97. The number of carbonyl (C=O) groups is 1. The first-order chi connectivity index (χ1) is 10.6. The smallest absolute Gasteiger partial charge is 0.337 e. The molecule has 2 aromatic carbocycles. The second-order valence-corrected chi connectivity index (χ2v) is 4.33. The van der Waals surface area contributed by atoms with Crippen molar-refractivity contribution in [2.45, 2.75) is 0 Å². The van der Waals surface area contributed by atoms with E-state index in [4.69, 9.17) is 5.11 Å². The molecule has 1 heterocycles. The average molecular weight is 300 g/mol. The number of carboxylic acid groups (broad SMARTS) is 1. The van der Waals surface area contributed by atoms with Gasteiger partial charge in [0.2, 0.25) is 5.52 Å². The fraction of sp³-hybridized carbons (Fsp3) is 0. The molecule has 9 nitrogen and oxygen atoms in total. The van der Waals surface area contributed by atoms with Crippen LogP contribution >= 0.6 is 0 Å². The van der Waals surface area contributed by atoms with Gasteiger partial charge in [0.15, 0.2) is 0 Å². The van der Waals surface area contributed by atoms with E-state index in [9.17, 15) is 14.9 Å². The summed E-state index contributed by atoms with van der Waals surface area (Å²) >= 11 is 0. The second-order valence-electron chi connectivity index (χ2n) is 4.33. The molecule has 0 fully saturated rings. The minimum absolute atomic E-state index is 0.00447. The molecule has 3 aromatic rings. The van der Waals surface area contributed by atoms with Crippen LogP contribution in [0.3, 0.4) is 0 Å². The predicted octanol–water partition coefficient (Wildman–Crippen LogP) is 2.57. The molecule has 0 bridgehead atoms. The maximum absolute atomic E-state index is 11.3. The second kappa shape index (κ2) is 5.13. The van der Waals surface area contributed by atoms with Crippen molar-refractivity contribution >= 4 is 34.1 Å². The first kappa shape index (κ1) is 13.5. The monoisotopic (exact) mass is 300 g/mol. The fourth-order valence-electron chi connectivity index (χ4n) is 2.05. The van der Waals surface area contributed by atoms with Gasteiger partial charge in [0, 0.05) is 0 Å². The third-order valence-electron chi connectivity index (χ3n) is 3.01. The van der Waals surface area contributed by atoms with E-state index >= 15 is 0 Å². The van der Waals surface area contributed by atoms with Gasteiger partial charge in [-0.25, -0.2) is 9.42 Å². The van der Waals surface area contributed by atoms with Crippen LogP contribution in [0.5, 0.6) is 0 Å². The summed E-state index contributed by atoms with van der Waals surface area (Å²) in [5.41, 5.74) is 0.219. The Hall–Kier alpha value is -3.49. The summed E-state index contributed by atoms with van der Waals surface area (Å²) < 4.78 is 4.50. The Bertz CT molecular complexity index is 889. The van der Waals surface area contributed by atoms with Crippen LogP contribution in [-0.4, -0.2) is 26.3 Å². The molecule has 9 heteroatoms. The summed E-state index contributed by atoms with van der Waals surface area (Å²) in [5, 5.41) is 30.2. The van der Waals surface area contributed by atoms with Gasteiger partial charge in [-0.15, -0.1) is 0 Å². The fourth-order valence-corrected chi connectivity index (χ4v) is 2.05. The summed E-state index contributed by atoms with van der Waals surface area (Å²) in [5.74, 6) is -1.14. The Kier molecular flexibility index (Phi) is 3.14. The summed E-state index contributed by atoms with van der Waals surface area (Å²) in [6.07, 6.45) is 0. The number of nitro groups is 1. The molecule has 0 amide bonds. The maximum atomic E-state index is 11.3.